The average molecular weight is 866 g/mol. The molecule has 3 saturated carbocycles. The van der Waals surface area contributed by atoms with Crippen LogP contribution in [-0.4, -0.2) is 97.5 Å². The first-order valence-corrected chi connectivity index (χ1v) is 20.7. The zero-order valence-corrected chi connectivity index (χ0v) is 33.9. The van der Waals surface area contributed by atoms with Gasteiger partial charge in [0.15, 0.2) is 23.5 Å². The topological polar surface area (TPSA) is 223 Å². The van der Waals surface area contributed by atoms with Gasteiger partial charge < -0.3 is 45.3 Å². The number of halogens is 1. The van der Waals surface area contributed by atoms with Crippen molar-refractivity contribution in [3.8, 4) is 0 Å². The number of anilines is 1. The van der Waals surface area contributed by atoms with Crippen molar-refractivity contribution in [1.29, 1.82) is 0 Å². The lowest BCUT2D eigenvalue weighted by Crippen LogP contribution is -2.63. The van der Waals surface area contributed by atoms with Gasteiger partial charge in [-0.25, -0.2) is 0 Å². The van der Waals surface area contributed by atoms with Gasteiger partial charge in [0.05, 0.1) is 24.1 Å². The number of alkyl halides is 1. The Morgan fingerprint density at radius 3 is 2.66 bits per heavy atom. The Balaban J connectivity index is 1.04. The Bertz CT molecular complexity index is 2070. The van der Waals surface area contributed by atoms with E-state index in [-0.39, 0.29) is 54.7 Å². The molecular weight excluding hydrogens is 816 g/mol. The lowest BCUT2D eigenvalue weighted by Gasteiger charge is -2.59. The SMILES string of the molecule is C[C@]12C=CC(=O)C=C1CC[C@@H]1[C@@H]2[C@@H](O)C[C@@]2(C)[C@H]1C[C@H]1O[C@@H](c3ccn(Cc4cccc(NC(=O)[C@H](CCC(=O)O)NC(=O)CNC(=O)CBr)c4)c3)O[C@]12C(=O)CO. The first-order chi connectivity index (χ1) is 27.6. The highest BCUT2D eigenvalue weighted by Crippen LogP contribution is 2.70. The van der Waals surface area contributed by atoms with Crippen LogP contribution < -0.4 is 16.0 Å². The van der Waals surface area contributed by atoms with Crippen LogP contribution in [0.4, 0.5) is 5.69 Å². The van der Waals surface area contributed by atoms with E-state index >= 15 is 0 Å². The number of allylic oxidation sites excluding steroid dienone is 4. The number of Topliss-reactive ketones (excluding diaryl/α,β-unsaturated/α-hetero) is 1. The molecule has 4 fully saturated rings. The third kappa shape index (κ3) is 7.49. The maximum atomic E-state index is 13.9. The summed E-state index contributed by atoms with van der Waals surface area (Å²) in [4.78, 5) is 74.6. The number of hydrogen-bond donors (Lipinski definition) is 6. The average Bonchev–Trinajstić information content (AvgIpc) is 3.88. The zero-order valence-electron chi connectivity index (χ0n) is 32.3. The number of carbonyl (C=O) groups excluding carboxylic acids is 5. The molecule has 0 bridgehead atoms. The lowest BCUT2D eigenvalue weighted by atomic mass is 9.46. The summed E-state index contributed by atoms with van der Waals surface area (Å²) in [7, 11) is 0. The second-order valence-electron chi connectivity index (χ2n) is 16.6. The van der Waals surface area contributed by atoms with Crippen LogP contribution in [0.15, 0.2) is 66.5 Å². The molecule has 5 aliphatic rings. The largest absolute Gasteiger partial charge is 0.481 e. The van der Waals surface area contributed by atoms with E-state index in [4.69, 9.17) is 9.47 Å². The first kappa shape index (κ1) is 41.7. The molecule has 7 rings (SSSR count). The predicted molar refractivity (Wildman–Crippen MR) is 211 cm³/mol. The molecule has 3 amide bonds. The van der Waals surface area contributed by atoms with Gasteiger partial charge in [-0.1, -0.05) is 53.6 Å². The monoisotopic (exact) mass is 864 g/mol. The van der Waals surface area contributed by atoms with Crippen molar-refractivity contribution in [3.63, 3.8) is 0 Å². The number of aliphatic hydroxyl groups is 2. The fourth-order valence-corrected chi connectivity index (χ4v) is 10.9. The second kappa shape index (κ2) is 16.3. The Kier molecular flexibility index (Phi) is 11.7. The van der Waals surface area contributed by atoms with E-state index < -0.39 is 77.1 Å². The van der Waals surface area contributed by atoms with Crippen molar-refractivity contribution in [2.24, 2.45) is 28.6 Å². The number of hydrogen-bond acceptors (Lipinski definition) is 10. The molecule has 16 heteroatoms. The number of nitrogens with zero attached hydrogens (tertiary/aromatic N) is 1. The summed E-state index contributed by atoms with van der Waals surface area (Å²) in [6.45, 7) is 3.35. The number of fused-ring (bicyclic) bond motifs is 7. The van der Waals surface area contributed by atoms with Crippen molar-refractivity contribution in [2.75, 3.05) is 23.8 Å². The van der Waals surface area contributed by atoms with Crippen molar-refractivity contribution in [1.82, 2.24) is 15.2 Å². The number of ether oxygens (including phenoxy) is 2. The number of aliphatic hydroxyl groups excluding tert-OH is 2. The Hall–Kier alpha value is -4.48. The van der Waals surface area contributed by atoms with Crippen LogP contribution in [0, 0.1) is 28.6 Å². The summed E-state index contributed by atoms with van der Waals surface area (Å²) >= 11 is 2.99. The summed E-state index contributed by atoms with van der Waals surface area (Å²) in [5.74, 6) is -3.45. The van der Waals surface area contributed by atoms with Gasteiger partial charge in [0.1, 0.15) is 12.6 Å². The minimum absolute atomic E-state index is 0.00508. The highest BCUT2D eigenvalue weighted by molar-refractivity contribution is 9.09. The van der Waals surface area contributed by atoms with Crippen molar-refractivity contribution in [2.45, 2.75) is 89.1 Å². The van der Waals surface area contributed by atoms with E-state index in [2.05, 4.69) is 38.8 Å². The molecule has 10 atom stereocenters. The van der Waals surface area contributed by atoms with Gasteiger partial charge in [0.25, 0.3) is 0 Å². The van der Waals surface area contributed by atoms with Crippen LogP contribution in [-0.2, 0) is 44.8 Å². The third-order valence-electron chi connectivity index (χ3n) is 13.3. The minimum atomic E-state index is -1.48. The van der Waals surface area contributed by atoms with Crippen molar-refractivity contribution < 1.29 is 53.6 Å². The number of carboxylic acid groups (broad SMARTS) is 1. The number of nitrogens with one attached hydrogen (secondary N) is 3. The number of carboxylic acids is 1. The highest BCUT2D eigenvalue weighted by atomic mass is 79.9. The number of aromatic nitrogens is 1. The number of carbonyl (C=O) groups is 6. The smallest absolute Gasteiger partial charge is 0.303 e. The van der Waals surface area contributed by atoms with Crippen LogP contribution in [0.2, 0.25) is 0 Å². The van der Waals surface area contributed by atoms with Crippen LogP contribution in [0.5, 0.6) is 0 Å². The van der Waals surface area contributed by atoms with Gasteiger partial charge in [0.2, 0.25) is 17.7 Å². The second-order valence-corrected chi connectivity index (χ2v) is 17.2. The number of rotatable bonds is 14. The predicted octanol–water partition coefficient (Wildman–Crippen LogP) is 2.94. The minimum Gasteiger partial charge on any atom is -0.481 e. The molecule has 2 aromatic rings. The fraction of sp³-hybridized carbons (Fsp3) is 0.524. The Morgan fingerprint density at radius 1 is 1.12 bits per heavy atom. The molecule has 6 N–H and O–H groups in total. The molecule has 1 aromatic carbocycles. The molecule has 0 spiro atoms. The summed E-state index contributed by atoms with van der Waals surface area (Å²) in [6, 6.07) is 7.70. The standard InChI is InChI=1S/C42H49BrN4O11/c1-40-12-10-27(49)15-25(40)6-7-28-29-16-33-42(32(51)22-48,41(29,2)17-31(50)37(28)40)58-39(57-33)24-11-13-47(21-24)20-23-4-3-5-26(14-23)45-38(56)30(8-9-36(54)55)46-35(53)19-44-34(52)18-43/h3-5,10-15,21,28-31,33,37,39,48,50H,6-9,16-20,22H2,1-2H3,(H,44,52)(H,45,56)(H,46,53)(H,54,55)/t28-,29-,30-,31-,33+,37+,39+,40-,41-,42+/m0/s1. The number of amides is 3. The maximum Gasteiger partial charge on any atom is 0.303 e. The van der Waals surface area contributed by atoms with E-state index in [1.165, 1.54) is 0 Å². The molecule has 2 heterocycles. The van der Waals surface area contributed by atoms with Crippen molar-refractivity contribution in [3.05, 3.63) is 77.7 Å². The molecule has 0 unspecified atom stereocenters. The molecule has 0 radical (unpaired) electrons. The van der Waals surface area contributed by atoms with E-state index in [9.17, 15) is 44.1 Å². The van der Waals surface area contributed by atoms with Gasteiger partial charge in [-0.2, -0.15) is 0 Å². The van der Waals surface area contributed by atoms with Gasteiger partial charge in [-0.3, -0.25) is 28.8 Å². The number of benzene rings is 1. The molecule has 58 heavy (non-hydrogen) atoms. The normalized spacial score (nSPS) is 32.5. The quantitative estimate of drug-likeness (QED) is 0.152. The highest BCUT2D eigenvalue weighted by Gasteiger charge is 2.76. The van der Waals surface area contributed by atoms with E-state index in [1.807, 2.05) is 42.1 Å². The summed E-state index contributed by atoms with van der Waals surface area (Å²) in [5.41, 5.74) is 0.147. The van der Waals surface area contributed by atoms with Crippen LogP contribution in [0.3, 0.4) is 0 Å². The van der Waals surface area contributed by atoms with Crippen LogP contribution in [0.1, 0.15) is 69.8 Å². The van der Waals surface area contributed by atoms with Crippen LogP contribution >= 0.6 is 15.9 Å². The molecule has 15 nitrogen and oxygen atoms in total. The first-order valence-electron chi connectivity index (χ1n) is 19.6. The molecule has 1 saturated heterocycles. The van der Waals surface area contributed by atoms with Gasteiger partial charge >= 0.3 is 5.97 Å². The molecule has 310 valence electrons. The van der Waals surface area contributed by atoms with Crippen LogP contribution in [0.25, 0.3) is 0 Å². The lowest BCUT2D eigenvalue weighted by molar-refractivity contribution is -0.201. The third-order valence-corrected chi connectivity index (χ3v) is 13.8. The number of ketones is 2. The van der Waals surface area contributed by atoms with E-state index in [0.717, 1.165) is 24.0 Å². The van der Waals surface area contributed by atoms with Gasteiger partial charge in [-0.15, -0.1) is 0 Å². The molecule has 1 aliphatic heterocycles. The summed E-state index contributed by atoms with van der Waals surface area (Å²) < 4.78 is 15.2. The number of aliphatic carboxylic acids is 1. The molecule has 4 aliphatic carbocycles. The summed E-state index contributed by atoms with van der Waals surface area (Å²) in [5, 5.41) is 39.1. The Morgan fingerprint density at radius 2 is 1.91 bits per heavy atom. The van der Waals surface area contributed by atoms with E-state index in [0.29, 0.717) is 24.2 Å². The van der Waals surface area contributed by atoms with E-state index in [1.54, 1.807) is 30.4 Å². The van der Waals surface area contributed by atoms with Crippen molar-refractivity contribution >= 4 is 56.9 Å². The Labute approximate surface area is 343 Å². The zero-order chi connectivity index (χ0) is 41.6. The molecule has 1 aromatic heterocycles. The molecular formula is C42H49BrN4O11. The summed E-state index contributed by atoms with van der Waals surface area (Å²) in [6.07, 6.45) is 8.35. The van der Waals surface area contributed by atoms with Gasteiger partial charge in [0, 0.05) is 53.4 Å². The maximum absolute atomic E-state index is 13.9. The van der Waals surface area contributed by atoms with Gasteiger partial charge in [-0.05, 0) is 79.9 Å². The fourth-order valence-electron chi connectivity index (χ4n) is 10.7.